The average molecular weight is 277 g/mol. The van der Waals surface area contributed by atoms with Gasteiger partial charge in [-0.15, -0.1) is 0 Å². The molecule has 4 nitrogen and oxygen atoms in total. The van der Waals surface area contributed by atoms with Crippen molar-refractivity contribution in [1.29, 1.82) is 0 Å². The number of nitrogens with one attached hydrogen (secondary N) is 1. The number of hydrogen-bond donors (Lipinski definition) is 2. The molecule has 0 aromatic heterocycles. The Morgan fingerprint density at radius 3 is 2.95 bits per heavy atom. The Balaban J connectivity index is 1.89. The number of aliphatic hydroxyl groups is 1. The number of carbonyl (C=O) groups excluding carboxylic acids is 1. The molecule has 20 heavy (non-hydrogen) atoms. The molecule has 0 saturated carbocycles. The molecule has 0 saturated heterocycles. The van der Waals surface area contributed by atoms with E-state index in [1.807, 2.05) is 38.1 Å². The lowest BCUT2D eigenvalue weighted by molar-refractivity contribution is -0.122. The first-order chi connectivity index (χ1) is 9.58. The van der Waals surface area contributed by atoms with E-state index in [2.05, 4.69) is 5.32 Å². The summed E-state index contributed by atoms with van der Waals surface area (Å²) in [6.07, 6.45) is 0.823. The molecule has 1 aromatic rings. The van der Waals surface area contributed by atoms with E-state index < -0.39 is 6.10 Å². The van der Waals surface area contributed by atoms with Crippen LogP contribution in [0, 0.1) is 5.92 Å². The van der Waals surface area contributed by atoms with Crippen molar-refractivity contribution in [3.63, 3.8) is 0 Å². The number of rotatable bonds is 5. The highest BCUT2D eigenvalue weighted by Crippen LogP contribution is 2.35. The fraction of sp³-hybridized carbons (Fsp3) is 0.562. The Labute approximate surface area is 120 Å². The first-order valence-electron chi connectivity index (χ1n) is 7.24. The Morgan fingerprint density at radius 1 is 1.45 bits per heavy atom. The normalized spacial score (nSPS) is 19.1. The van der Waals surface area contributed by atoms with Gasteiger partial charge in [0, 0.05) is 13.0 Å². The monoisotopic (exact) mass is 277 g/mol. The lowest BCUT2D eigenvalue weighted by Crippen LogP contribution is -2.35. The van der Waals surface area contributed by atoms with Crippen LogP contribution in [0.2, 0.25) is 0 Å². The van der Waals surface area contributed by atoms with E-state index in [0.717, 1.165) is 17.7 Å². The van der Waals surface area contributed by atoms with Crippen LogP contribution in [-0.2, 0) is 4.79 Å². The van der Waals surface area contributed by atoms with E-state index in [-0.39, 0.29) is 17.7 Å². The van der Waals surface area contributed by atoms with Crippen molar-refractivity contribution in [2.45, 2.75) is 38.7 Å². The maximum absolute atomic E-state index is 12.0. The van der Waals surface area contributed by atoms with Crippen molar-refractivity contribution in [3.8, 4) is 5.75 Å². The molecular weight excluding hydrogens is 254 g/mol. The number of ether oxygens (including phenoxy) is 1. The molecule has 2 N–H and O–H groups in total. The summed E-state index contributed by atoms with van der Waals surface area (Å²) in [5.41, 5.74) is 1.11. The minimum atomic E-state index is -0.485. The number of para-hydroxylation sites is 1. The Bertz CT molecular complexity index is 459. The topological polar surface area (TPSA) is 58.6 Å². The van der Waals surface area contributed by atoms with Crippen LogP contribution in [0.25, 0.3) is 0 Å². The van der Waals surface area contributed by atoms with Gasteiger partial charge in [0.05, 0.1) is 12.7 Å². The highest BCUT2D eigenvalue weighted by molar-refractivity contribution is 5.77. The summed E-state index contributed by atoms with van der Waals surface area (Å²) in [6, 6.07) is 7.89. The van der Waals surface area contributed by atoms with Gasteiger partial charge in [-0.3, -0.25) is 4.79 Å². The zero-order valence-electron chi connectivity index (χ0n) is 12.1. The molecule has 2 rings (SSSR count). The molecule has 1 aliphatic heterocycles. The SMILES string of the molecule is CC(C)C(O)CNC(=O)CC1CCOc2ccccc21. The first kappa shape index (κ1) is 14.9. The summed E-state index contributed by atoms with van der Waals surface area (Å²) in [5.74, 6) is 1.24. The number of carbonyl (C=O) groups is 1. The van der Waals surface area contributed by atoms with E-state index in [9.17, 15) is 9.90 Å². The fourth-order valence-electron chi connectivity index (χ4n) is 2.38. The van der Waals surface area contributed by atoms with Gasteiger partial charge in [-0.05, 0) is 29.9 Å². The maximum atomic E-state index is 12.0. The van der Waals surface area contributed by atoms with Crippen LogP contribution in [0.3, 0.4) is 0 Å². The van der Waals surface area contributed by atoms with Crippen molar-refractivity contribution < 1.29 is 14.6 Å². The van der Waals surface area contributed by atoms with Gasteiger partial charge >= 0.3 is 0 Å². The summed E-state index contributed by atoms with van der Waals surface area (Å²) in [6.45, 7) is 4.85. The highest BCUT2D eigenvalue weighted by atomic mass is 16.5. The molecular formula is C16H23NO3. The van der Waals surface area contributed by atoms with Crippen molar-refractivity contribution in [1.82, 2.24) is 5.32 Å². The van der Waals surface area contributed by atoms with Crippen LogP contribution >= 0.6 is 0 Å². The van der Waals surface area contributed by atoms with E-state index >= 15 is 0 Å². The van der Waals surface area contributed by atoms with Crippen molar-refractivity contribution in [2.75, 3.05) is 13.2 Å². The number of fused-ring (bicyclic) bond motifs is 1. The molecule has 1 amide bonds. The number of benzene rings is 1. The Hall–Kier alpha value is -1.55. The number of amides is 1. The quantitative estimate of drug-likeness (QED) is 0.866. The first-order valence-corrected chi connectivity index (χ1v) is 7.24. The van der Waals surface area contributed by atoms with Gasteiger partial charge < -0.3 is 15.2 Å². The van der Waals surface area contributed by atoms with Gasteiger partial charge in [-0.25, -0.2) is 0 Å². The molecule has 1 aliphatic rings. The largest absolute Gasteiger partial charge is 0.493 e. The summed E-state index contributed by atoms with van der Waals surface area (Å²) >= 11 is 0. The molecule has 0 fully saturated rings. The molecule has 2 atom stereocenters. The number of aliphatic hydroxyl groups excluding tert-OH is 1. The van der Waals surface area contributed by atoms with Crippen LogP contribution in [0.1, 0.15) is 38.2 Å². The third kappa shape index (κ3) is 3.73. The predicted octanol–water partition coefficient (Wildman–Crippen LogP) is 2.08. The van der Waals surface area contributed by atoms with Gasteiger partial charge in [0.15, 0.2) is 0 Å². The Kier molecular flexibility index (Phi) is 5.01. The maximum Gasteiger partial charge on any atom is 0.220 e. The molecule has 4 heteroatoms. The van der Waals surface area contributed by atoms with Crippen LogP contribution in [0.5, 0.6) is 5.75 Å². The van der Waals surface area contributed by atoms with E-state index in [1.165, 1.54) is 0 Å². The molecule has 0 aliphatic carbocycles. The fourth-order valence-corrected chi connectivity index (χ4v) is 2.38. The van der Waals surface area contributed by atoms with Gasteiger partial charge in [-0.2, -0.15) is 0 Å². The third-order valence-electron chi connectivity index (χ3n) is 3.79. The van der Waals surface area contributed by atoms with Crippen molar-refractivity contribution >= 4 is 5.91 Å². The standard InChI is InChI=1S/C16H23NO3/c1-11(2)14(18)10-17-16(19)9-12-7-8-20-15-6-4-3-5-13(12)15/h3-6,11-12,14,18H,7-10H2,1-2H3,(H,17,19). The van der Waals surface area contributed by atoms with Crippen molar-refractivity contribution in [2.24, 2.45) is 5.92 Å². The zero-order valence-corrected chi connectivity index (χ0v) is 12.1. The van der Waals surface area contributed by atoms with Gasteiger partial charge in [0.1, 0.15) is 5.75 Å². The van der Waals surface area contributed by atoms with Gasteiger partial charge in [0.25, 0.3) is 0 Å². The van der Waals surface area contributed by atoms with E-state index in [1.54, 1.807) is 0 Å². The third-order valence-corrected chi connectivity index (χ3v) is 3.79. The average Bonchev–Trinajstić information content (AvgIpc) is 2.45. The second-order valence-electron chi connectivity index (χ2n) is 5.69. The second-order valence-corrected chi connectivity index (χ2v) is 5.69. The predicted molar refractivity (Wildman–Crippen MR) is 77.8 cm³/mol. The zero-order chi connectivity index (χ0) is 14.5. The molecule has 0 bridgehead atoms. The molecule has 1 heterocycles. The molecule has 0 spiro atoms. The summed E-state index contributed by atoms with van der Waals surface area (Å²) in [7, 11) is 0. The van der Waals surface area contributed by atoms with Crippen LogP contribution in [0.4, 0.5) is 0 Å². The molecule has 2 unspecified atom stereocenters. The highest BCUT2D eigenvalue weighted by Gasteiger charge is 2.23. The van der Waals surface area contributed by atoms with Crippen LogP contribution in [0.15, 0.2) is 24.3 Å². The lowest BCUT2D eigenvalue weighted by Gasteiger charge is -2.25. The van der Waals surface area contributed by atoms with Gasteiger partial charge in [-0.1, -0.05) is 32.0 Å². The van der Waals surface area contributed by atoms with E-state index in [4.69, 9.17) is 4.74 Å². The van der Waals surface area contributed by atoms with E-state index in [0.29, 0.717) is 19.6 Å². The molecule has 0 radical (unpaired) electrons. The van der Waals surface area contributed by atoms with Crippen LogP contribution in [-0.4, -0.2) is 30.3 Å². The summed E-state index contributed by atoms with van der Waals surface area (Å²) in [5, 5.41) is 12.5. The second kappa shape index (κ2) is 6.75. The molecule has 1 aromatic carbocycles. The lowest BCUT2D eigenvalue weighted by atomic mass is 9.90. The van der Waals surface area contributed by atoms with Crippen molar-refractivity contribution in [3.05, 3.63) is 29.8 Å². The Morgan fingerprint density at radius 2 is 2.20 bits per heavy atom. The smallest absolute Gasteiger partial charge is 0.220 e. The summed E-state index contributed by atoms with van der Waals surface area (Å²) in [4.78, 5) is 12.0. The summed E-state index contributed by atoms with van der Waals surface area (Å²) < 4.78 is 5.59. The number of hydrogen-bond acceptors (Lipinski definition) is 3. The van der Waals surface area contributed by atoms with Crippen LogP contribution < -0.4 is 10.1 Å². The molecule has 110 valence electrons. The van der Waals surface area contributed by atoms with Gasteiger partial charge in [0.2, 0.25) is 5.91 Å². The minimum Gasteiger partial charge on any atom is -0.493 e. The minimum absolute atomic E-state index is 0.00796.